The van der Waals surface area contributed by atoms with Gasteiger partial charge in [0.05, 0.1) is 7.11 Å². The predicted octanol–water partition coefficient (Wildman–Crippen LogP) is 3.96. The quantitative estimate of drug-likeness (QED) is 0.390. The number of fused-ring (bicyclic) bond motifs is 1. The number of nitrogens with zero attached hydrogens (tertiary/aromatic N) is 3. The lowest BCUT2D eigenvalue weighted by Crippen LogP contribution is -2.56. The summed E-state index contributed by atoms with van der Waals surface area (Å²) in [5.41, 5.74) is 3.43. The average Bonchev–Trinajstić information content (AvgIpc) is 3.07. The van der Waals surface area contributed by atoms with Crippen molar-refractivity contribution in [2.45, 2.75) is 89.9 Å². The molecule has 9 nitrogen and oxygen atoms in total. The van der Waals surface area contributed by atoms with Gasteiger partial charge >= 0.3 is 0 Å². The Hall–Kier alpha value is -3.43. The molecule has 3 amide bonds. The van der Waals surface area contributed by atoms with E-state index in [9.17, 15) is 14.4 Å². The van der Waals surface area contributed by atoms with E-state index in [4.69, 9.17) is 4.74 Å². The maximum atomic E-state index is 14.1. The number of carbonyl (C=O) groups is 3. The number of rotatable bonds is 11. The Kier molecular flexibility index (Phi) is 11.7. The normalized spacial score (nSPS) is 20.0. The predicted molar refractivity (Wildman–Crippen MR) is 181 cm³/mol. The molecular formula is C37H53N5O4. The summed E-state index contributed by atoms with van der Waals surface area (Å²) in [5.74, 6) is 1.34. The molecule has 0 radical (unpaired) electrons. The molecule has 0 saturated carbocycles. The number of benzene rings is 2. The second-order valence-corrected chi connectivity index (χ2v) is 13.7. The van der Waals surface area contributed by atoms with Gasteiger partial charge in [-0.15, -0.1) is 0 Å². The number of amides is 3. The molecule has 2 fully saturated rings. The van der Waals surface area contributed by atoms with Crippen molar-refractivity contribution in [3.63, 3.8) is 0 Å². The number of ether oxygens (including phenoxy) is 1. The van der Waals surface area contributed by atoms with Gasteiger partial charge in [0.15, 0.2) is 0 Å². The van der Waals surface area contributed by atoms with E-state index in [1.807, 2.05) is 46.2 Å². The molecule has 0 spiro atoms. The molecule has 5 rings (SSSR count). The van der Waals surface area contributed by atoms with Crippen LogP contribution >= 0.6 is 0 Å². The molecule has 2 N–H and O–H groups in total. The largest absolute Gasteiger partial charge is 0.497 e. The van der Waals surface area contributed by atoms with Crippen molar-refractivity contribution in [1.29, 1.82) is 0 Å². The van der Waals surface area contributed by atoms with Crippen molar-refractivity contribution in [2.24, 2.45) is 5.92 Å². The van der Waals surface area contributed by atoms with Gasteiger partial charge in [-0.05, 0) is 73.4 Å². The van der Waals surface area contributed by atoms with Crippen LogP contribution in [0.3, 0.4) is 0 Å². The van der Waals surface area contributed by atoms with Gasteiger partial charge in [0.1, 0.15) is 11.8 Å². The lowest BCUT2D eigenvalue weighted by atomic mass is 9.92. The first-order chi connectivity index (χ1) is 22.2. The summed E-state index contributed by atoms with van der Waals surface area (Å²) in [7, 11) is 1.64. The molecule has 0 aliphatic carbocycles. The smallest absolute Gasteiger partial charge is 0.245 e. The van der Waals surface area contributed by atoms with E-state index in [1.165, 1.54) is 11.1 Å². The molecule has 46 heavy (non-hydrogen) atoms. The van der Waals surface area contributed by atoms with Crippen molar-refractivity contribution in [2.75, 3.05) is 46.4 Å². The number of piperidine rings is 2. The van der Waals surface area contributed by atoms with E-state index in [2.05, 4.69) is 41.5 Å². The van der Waals surface area contributed by atoms with Crippen LogP contribution in [-0.4, -0.2) is 96.9 Å². The van der Waals surface area contributed by atoms with Crippen LogP contribution in [0.15, 0.2) is 48.5 Å². The number of carbonyl (C=O) groups excluding carboxylic acids is 3. The maximum Gasteiger partial charge on any atom is 0.245 e. The number of hydrogen-bond donors (Lipinski definition) is 2. The highest BCUT2D eigenvalue weighted by Gasteiger charge is 2.35. The van der Waals surface area contributed by atoms with Gasteiger partial charge < -0.3 is 25.2 Å². The fraction of sp³-hybridized carbons (Fsp3) is 0.595. The fourth-order valence-electron chi connectivity index (χ4n) is 7.58. The van der Waals surface area contributed by atoms with E-state index in [0.717, 1.165) is 69.6 Å². The van der Waals surface area contributed by atoms with Gasteiger partial charge in [0.2, 0.25) is 17.7 Å². The lowest BCUT2D eigenvalue weighted by molar-refractivity contribution is -0.138. The SMILES string of the molecule is COc1ccc(C[C@@H](NC(=O)C[C@@H]2NCCc3ccccc32)C(=O)N2CCC(N(CC(C)C)C3CCN(C(C)=O)CC3)CC2)cc1. The molecule has 0 unspecified atom stereocenters. The van der Waals surface area contributed by atoms with Crippen LogP contribution in [0, 0.1) is 5.92 Å². The minimum Gasteiger partial charge on any atom is -0.497 e. The van der Waals surface area contributed by atoms with Crippen molar-refractivity contribution in [3.8, 4) is 5.75 Å². The van der Waals surface area contributed by atoms with Crippen LogP contribution in [0.2, 0.25) is 0 Å². The molecule has 3 aliphatic rings. The summed E-state index contributed by atoms with van der Waals surface area (Å²) < 4.78 is 5.33. The maximum absolute atomic E-state index is 14.1. The van der Waals surface area contributed by atoms with Crippen LogP contribution in [0.25, 0.3) is 0 Å². The molecule has 3 heterocycles. The summed E-state index contributed by atoms with van der Waals surface area (Å²) in [4.78, 5) is 46.2. The topological polar surface area (TPSA) is 94.2 Å². The van der Waals surface area contributed by atoms with E-state index < -0.39 is 6.04 Å². The van der Waals surface area contributed by atoms with Crippen molar-refractivity contribution in [3.05, 3.63) is 65.2 Å². The Bertz CT molecular complexity index is 1320. The Labute approximate surface area is 275 Å². The Balaban J connectivity index is 1.24. The van der Waals surface area contributed by atoms with Gasteiger partial charge in [-0.1, -0.05) is 50.2 Å². The van der Waals surface area contributed by atoms with Crippen LogP contribution in [0.4, 0.5) is 0 Å². The summed E-state index contributed by atoms with van der Waals surface area (Å²) in [6.45, 7) is 11.1. The van der Waals surface area contributed by atoms with E-state index in [1.54, 1.807) is 14.0 Å². The van der Waals surface area contributed by atoms with Crippen molar-refractivity contribution in [1.82, 2.24) is 25.3 Å². The number of hydrogen-bond acceptors (Lipinski definition) is 6. The molecule has 0 aromatic heterocycles. The van der Waals surface area contributed by atoms with Gasteiger partial charge in [-0.25, -0.2) is 0 Å². The minimum absolute atomic E-state index is 0.00945. The zero-order chi connectivity index (χ0) is 32.6. The second kappa shape index (κ2) is 15.9. The first-order valence-corrected chi connectivity index (χ1v) is 17.2. The van der Waals surface area contributed by atoms with Crippen LogP contribution in [-0.2, 0) is 27.2 Å². The molecule has 2 atom stereocenters. The number of likely N-dealkylation sites (tertiary alicyclic amines) is 2. The third-order valence-electron chi connectivity index (χ3n) is 10.0. The van der Waals surface area contributed by atoms with E-state index in [-0.39, 0.29) is 30.2 Å². The second-order valence-electron chi connectivity index (χ2n) is 13.7. The monoisotopic (exact) mass is 631 g/mol. The standard InChI is InChI=1S/C37H53N5O4/c1-26(2)25-42(30-14-19-40(20-15-30)27(3)43)31-16-21-41(22-17-31)37(45)35(23-28-9-11-32(46-4)12-10-28)39-36(44)24-34-33-8-6-5-7-29(33)13-18-38-34/h5-12,26,30-31,34-35,38H,13-25H2,1-4H3,(H,39,44)/t34-,35+/m0/s1. The zero-order valence-electron chi connectivity index (χ0n) is 28.2. The van der Waals surface area contributed by atoms with Crippen LogP contribution in [0.1, 0.15) is 75.6 Å². The summed E-state index contributed by atoms with van der Waals surface area (Å²) in [6.07, 6.45) is 5.50. The van der Waals surface area contributed by atoms with Gasteiger partial charge in [-0.3, -0.25) is 19.3 Å². The summed E-state index contributed by atoms with van der Waals surface area (Å²) in [6, 6.07) is 16.2. The Morgan fingerprint density at radius 3 is 2.17 bits per heavy atom. The molecule has 2 aromatic carbocycles. The Morgan fingerprint density at radius 1 is 0.935 bits per heavy atom. The average molecular weight is 632 g/mol. The summed E-state index contributed by atoms with van der Waals surface area (Å²) in [5, 5.41) is 6.65. The third-order valence-corrected chi connectivity index (χ3v) is 10.0. The van der Waals surface area contributed by atoms with E-state index in [0.29, 0.717) is 37.5 Å². The third kappa shape index (κ3) is 8.68. The Morgan fingerprint density at radius 2 is 1.57 bits per heavy atom. The zero-order valence-corrected chi connectivity index (χ0v) is 28.2. The highest BCUT2D eigenvalue weighted by molar-refractivity contribution is 5.88. The number of methoxy groups -OCH3 is 1. The molecule has 0 bridgehead atoms. The van der Waals surface area contributed by atoms with Crippen LogP contribution in [0.5, 0.6) is 5.75 Å². The molecule has 9 heteroatoms. The van der Waals surface area contributed by atoms with E-state index >= 15 is 0 Å². The first kappa shape index (κ1) is 33.9. The van der Waals surface area contributed by atoms with Crippen LogP contribution < -0.4 is 15.4 Å². The summed E-state index contributed by atoms with van der Waals surface area (Å²) >= 11 is 0. The fourth-order valence-corrected chi connectivity index (χ4v) is 7.58. The lowest BCUT2D eigenvalue weighted by Gasteiger charge is -2.46. The van der Waals surface area contributed by atoms with Gasteiger partial charge in [-0.2, -0.15) is 0 Å². The molecule has 250 valence electrons. The molecular weight excluding hydrogens is 578 g/mol. The molecule has 2 aromatic rings. The van der Waals surface area contributed by atoms with Crippen molar-refractivity contribution < 1.29 is 19.1 Å². The molecule has 3 aliphatic heterocycles. The molecule has 2 saturated heterocycles. The van der Waals surface area contributed by atoms with Gasteiger partial charge in [0.25, 0.3) is 0 Å². The van der Waals surface area contributed by atoms with Crippen molar-refractivity contribution >= 4 is 17.7 Å². The highest BCUT2D eigenvalue weighted by atomic mass is 16.5. The number of nitrogens with one attached hydrogen (secondary N) is 2. The highest BCUT2D eigenvalue weighted by Crippen LogP contribution is 2.28. The van der Waals surface area contributed by atoms with Gasteiger partial charge in [0, 0.05) is 70.6 Å². The minimum atomic E-state index is -0.640. The first-order valence-electron chi connectivity index (χ1n) is 17.2.